The first-order chi connectivity index (χ1) is 14.4. The van der Waals surface area contributed by atoms with Gasteiger partial charge in [0, 0.05) is 18.3 Å². The van der Waals surface area contributed by atoms with Crippen LogP contribution in [0.15, 0.2) is 11.6 Å². The van der Waals surface area contributed by atoms with Crippen molar-refractivity contribution in [2.75, 3.05) is 6.61 Å². The van der Waals surface area contributed by atoms with Gasteiger partial charge in [0.1, 0.15) is 6.10 Å². The van der Waals surface area contributed by atoms with E-state index in [1.54, 1.807) is 6.92 Å². The molecule has 4 heteroatoms. The molecule has 0 aromatic heterocycles. The molecule has 1 unspecified atom stereocenters. The summed E-state index contributed by atoms with van der Waals surface area (Å²) in [5, 5.41) is 10.9. The molecule has 1 aliphatic heterocycles. The standard InChI is InChI=1S/C27H42O4/c1-16(28)31-21-14-20-25(4)12-7-11-24(2,3)18(25)10-13-26(20,5)19-9-8-17-15-30-23(29)22(17)27(19,21)6/h8,18-23,29H,7,9-15H2,1-6H3/t18-,19-,20+,21-,22?,23+,25-,26-,27+/m0/s1. The van der Waals surface area contributed by atoms with Gasteiger partial charge in [0.25, 0.3) is 0 Å². The SMILES string of the molecule is CC(=O)O[C@H]1C[C@@H]2[C@@]3(C)CCCC(C)(C)[C@@H]3CC[C@@]2(C)[C@@H]2CC=C3CO[C@@H](O)C3[C@@]12C. The zero-order chi connectivity index (χ0) is 22.4. The molecule has 0 bridgehead atoms. The summed E-state index contributed by atoms with van der Waals surface area (Å²) in [5.74, 6) is 1.39. The number of aliphatic hydroxyl groups is 1. The quantitative estimate of drug-likeness (QED) is 0.442. The van der Waals surface area contributed by atoms with Crippen LogP contribution < -0.4 is 0 Å². The summed E-state index contributed by atoms with van der Waals surface area (Å²) < 4.78 is 11.9. The second kappa shape index (κ2) is 6.82. The summed E-state index contributed by atoms with van der Waals surface area (Å²) in [5.41, 5.74) is 1.77. The van der Waals surface area contributed by atoms with E-state index in [4.69, 9.17) is 9.47 Å². The van der Waals surface area contributed by atoms with E-state index in [9.17, 15) is 9.90 Å². The minimum atomic E-state index is -0.794. The number of ether oxygens (including phenoxy) is 2. The summed E-state index contributed by atoms with van der Waals surface area (Å²) in [4.78, 5) is 12.3. The van der Waals surface area contributed by atoms with E-state index in [2.05, 4.69) is 40.7 Å². The van der Waals surface area contributed by atoms with Gasteiger partial charge < -0.3 is 14.6 Å². The molecule has 4 nitrogen and oxygen atoms in total. The van der Waals surface area contributed by atoms with E-state index >= 15 is 0 Å². The molecule has 0 aromatic rings. The summed E-state index contributed by atoms with van der Waals surface area (Å²) in [6, 6.07) is 0. The molecule has 0 amide bonds. The lowest BCUT2D eigenvalue weighted by Gasteiger charge is -2.70. The first kappa shape index (κ1) is 21.9. The van der Waals surface area contributed by atoms with Crippen LogP contribution in [0.1, 0.15) is 86.5 Å². The van der Waals surface area contributed by atoms with E-state index in [-0.39, 0.29) is 34.2 Å². The number of hydrogen-bond acceptors (Lipinski definition) is 4. The zero-order valence-electron chi connectivity index (χ0n) is 20.4. The topological polar surface area (TPSA) is 55.8 Å². The molecule has 31 heavy (non-hydrogen) atoms. The summed E-state index contributed by atoms with van der Waals surface area (Å²) in [6.07, 6.45) is 9.75. The maximum absolute atomic E-state index is 12.3. The Labute approximate surface area is 188 Å². The number of allylic oxidation sites excluding steroid dienone is 1. The molecule has 9 atom stereocenters. The highest BCUT2D eigenvalue weighted by Gasteiger charge is 2.70. The third-order valence-electron chi connectivity index (χ3n) is 11.2. The molecule has 3 saturated carbocycles. The lowest BCUT2D eigenvalue weighted by Crippen LogP contribution is -2.67. The van der Waals surface area contributed by atoms with Crippen molar-refractivity contribution in [2.45, 2.75) is 98.9 Å². The molecular formula is C27H42O4. The Morgan fingerprint density at radius 3 is 2.48 bits per heavy atom. The number of fused-ring (bicyclic) bond motifs is 7. The molecule has 0 spiro atoms. The molecule has 5 aliphatic rings. The van der Waals surface area contributed by atoms with E-state index in [1.165, 1.54) is 37.7 Å². The number of rotatable bonds is 1. The van der Waals surface area contributed by atoms with Crippen molar-refractivity contribution < 1.29 is 19.4 Å². The van der Waals surface area contributed by atoms with Gasteiger partial charge in [-0.1, -0.05) is 47.1 Å². The van der Waals surface area contributed by atoms with Crippen LogP contribution in [0, 0.1) is 45.3 Å². The second-order valence-corrected chi connectivity index (χ2v) is 12.9. The Balaban J connectivity index is 1.62. The fraction of sp³-hybridized carbons (Fsp3) is 0.889. The van der Waals surface area contributed by atoms with E-state index < -0.39 is 6.29 Å². The van der Waals surface area contributed by atoms with Gasteiger partial charge in [-0.3, -0.25) is 4.79 Å². The van der Waals surface area contributed by atoms with Crippen LogP contribution in [0.4, 0.5) is 0 Å². The number of carbonyl (C=O) groups excluding carboxylic acids is 1. The Hall–Kier alpha value is -0.870. The molecule has 0 radical (unpaired) electrons. The van der Waals surface area contributed by atoms with E-state index in [0.29, 0.717) is 23.9 Å². The van der Waals surface area contributed by atoms with Crippen LogP contribution in [0.2, 0.25) is 0 Å². The van der Waals surface area contributed by atoms with Gasteiger partial charge in [-0.25, -0.2) is 0 Å². The summed E-state index contributed by atoms with van der Waals surface area (Å²) in [7, 11) is 0. The van der Waals surface area contributed by atoms with Crippen LogP contribution in [0.25, 0.3) is 0 Å². The first-order valence-corrected chi connectivity index (χ1v) is 12.6. The fourth-order valence-electron chi connectivity index (χ4n) is 10.1. The molecular weight excluding hydrogens is 388 g/mol. The summed E-state index contributed by atoms with van der Waals surface area (Å²) in [6.45, 7) is 14.4. The smallest absolute Gasteiger partial charge is 0.302 e. The highest BCUT2D eigenvalue weighted by atomic mass is 16.6. The highest BCUT2D eigenvalue weighted by molar-refractivity contribution is 5.66. The molecule has 1 heterocycles. The van der Waals surface area contributed by atoms with Crippen molar-refractivity contribution in [1.29, 1.82) is 0 Å². The van der Waals surface area contributed by atoms with Crippen LogP contribution in [-0.4, -0.2) is 30.1 Å². The van der Waals surface area contributed by atoms with Crippen molar-refractivity contribution in [3.05, 3.63) is 11.6 Å². The minimum absolute atomic E-state index is 0.0679. The van der Waals surface area contributed by atoms with Crippen LogP contribution in [0.3, 0.4) is 0 Å². The molecule has 4 fully saturated rings. The molecule has 174 valence electrons. The van der Waals surface area contributed by atoms with Gasteiger partial charge in [-0.2, -0.15) is 0 Å². The summed E-state index contributed by atoms with van der Waals surface area (Å²) >= 11 is 0. The monoisotopic (exact) mass is 430 g/mol. The van der Waals surface area contributed by atoms with E-state index in [1.807, 2.05) is 0 Å². The fourth-order valence-corrected chi connectivity index (χ4v) is 10.1. The average Bonchev–Trinajstić information content (AvgIpc) is 3.04. The maximum Gasteiger partial charge on any atom is 0.302 e. The Bertz CT molecular complexity index is 801. The largest absolute Gasteiger partial charge is 0.462 e. The van der Waals surface area contributed by atoms with Gasteiger partial charge in [0.2, 0.25) is 0 Å². The van der Waals surface area contributed by atoms with Gasteiger partial charge in [-0.05, 0) is 78.1 Å². The Kier molecular flexibility index (Phi) is 4.83. The van der Waals surface area contributed by atoms with Gasteiger partial charge in [0.15, 0.2) is 6.29 Å². The van der Waals surface area contributed by atoms with Crippen molar-refractivity contribution in [2.24, 2.45) is 45.3 Å². The van der Waals surface area contributed by atoms with Gasteiger partial charge in [0.05, 0.1) is 6.61 Å². The lowest BCUT2D eigenvalue weighted by atomic mass is 9.34. The number of hydrogen-bond donors (Lipinski definition) is 1. The number of esters is 1. The Morgan fingerprint density at radius 1 is 1.06 bits per heavy atom. The van der Waals surface area contributed by atoms with Crippen molar-refractivity contribution in [3.8, 4) is 0 Å². The van der Waals surface area contributed by atoms with Gasteiger partial charge >= 0.3 is 5.97 Å². The minimum Gasteiger partial charge on any atom is -0.462 e. The van der Waals surface area contributed by atoms with Crippen LogP contribution in [-0.2, 0) is 14.3 Å². The molecule has 0 aromatic carbocycles. The van der Waals surface area contributed by atoms with Crippen LogP contribution in [0.5, 0.6) is 0 Å². The van der Waals surface area contributed by atoms with Crippen LogP contribution >= 0.6 is 0 Å². The predicted molar refractivity (Wildman–Crippen MR) is 120 cm³/mol. The van der Waals surface area contributed by atoms with Crippen molar-refractivity contribution in [1.82, 2.24) is 0 Å². The highest BCUT2D eigenvalue weighted by Crippen LogP contribution is 2.73. The second-order valence-electron chi connectivity index (χ2n) is 12.9. The average molecular weight is 431 g/mol. The molecule has 1 N–H and O–H groups in total. The van der Waals surface area contributed by atoms with Crippen molar-refractivity contribution in [3.63, 3.8) is 0 Å². The third-order valence-corrected chi connectivity index (χ3v) is 11.2. The predicted octanol–water partition coefficient (Wildman–Crippen LogP) is 5.49. The molecule has 5 rings (SSSR count). The van der Waals surface area contributed by atoms with Crippen molar-refractivity contribution >= 4 is 5.97 Å². The maximum atomic E-state index is 12.3. The normalized spacial score (nSPS) is 52.8. The molecule has 1 saturated heterocycles. The molecule has 4 aliphatic carbocycles. The number of aliphatic hydroxyl groups excluding tert-OH is 1. The zero-order valence-corrected chi connectivity index (χ0v) is 20.4. The Morgan fingerprint density at radius 2 is 1.77 bits per heavy atom. The van der Waals surface area contributed by atoms with E-state index in [0.717, 1.165) is 18.8 Å². The first-order valence-electron chi connectivity index (χ1n) is 12.6. The lowest BCUT2D eigenvalue weighted by molar-refractivity contribution is -0.253. The third kappa shape index (κ3) is 2.82. The van der Waals surface area contributed by atoms with Gasteiger partial charge in [-0.15, -0.1) is 0 Å². The number of carbonyl (C=O) groups is 1.